The predicted molar refractivity (Wildman–Crippen MR) is 131 cm³/mol. The molecule has 4 aromatic rings. The van der Waals surface area contributed by atoms with Gasteiger partial charge in [-0.15, -0.1) is 5.10 Å². The zero-order valence-corrected chi connectivity index (χ0v) is 20.3. The number of aromatic amines is 2. The van der Waals surface area contributed by atoms with Crippen molar-refractivity contribution in [2.75, 3.05) is 13.1 Å². The van der Waals surface area contributed by atoms with Gasteiger partial charge in [0, 0.05) is 17.6 Å². The number of fused-ring (bicyclic) bond motifs is 1. The lowest BCUT2D eigenvalue weighted by atomic mass is 9.92. The molecule has 10 heteroatoms. The van der Waals surface area contributed by atoms with E-state index >= 15 is 0 Å². The number of benzene rings is 2. The molecule has 1 amide bonds. The number of nitrogens with one attached hydrogen (secondary N) is 2. The van der Waals surface area contributed by atoms with E-state index in [1.54, 1.807) is 21.8 Å². The Labute approximate surface area is 203 Å². The van der Waals surface area contributed by atoms with Gasteiger partial charge < -0.3 is 20.0 Å². The van der Waals surface area contributed by atoms with Gasteiger partial charge in [-0.1, -0.05) is 27.2 Å². The highest BCUT2D eigenvalue weighted by molar-refractivity contribution is 9.10. The van der Waals surface area contributed by atoms with Crippen LogP contribution >= 0.6 is 15.9 Å². The maximum absolute atomic E-state index is 13.0. The van der Waals surface area contributed by atoms with Gasteiger partial charge in [-0.3, -0.25) is 4.79 Å². The molecule has 2 aromatic carbocycles. The number of carbonyl (C=O) groups is 1. The fourth-order valence-electron chi connectivity index (χ4n) is 4.57. The average molecular weight is 525 g/mol. The Balaban J connectivity index is 1.28. The van der Waals surface area contributed by atoms with E-state index < -0.39 is 5.60 Å². The van der Waals surface area contributed by atoms with Crippen molar-refractivity contribution in [3.63, 3.8) is 0 Å². The summed E-state index contributed by atoms with van der Waals surface area (Å²) in [6.07, 6.45) is 3.57. The van der Waals surface area contributed by atoms with Gasteiger partial charge in [-0.2, -0.15) is 0 Å². The summed E-state index contributed by atoms with van der Waals surface area (Å²) in [5.74, 6) is -0.00405. The molecule has 1 unspecified atom stereocenters. The van der Waals surface area contributed by atoms with Crippen LogP contribution < -0.4 is 5.69 Å². The van der Waals surface area contributed by atoms with Crippen LogP contribution in [0.1, 0.15) is 36.1 Å². The number of likely N-dealkylation sites (tertiary alicyclic amines) is 1. The van der Waals surface area contributed by atoms with Crippen LogP contribution in [0.2, 0.25) is 0 Å². The number of nitrogens with zero attached hydrogens (tertiary/aromatic N) is 4. The largest absolute Gasteiger partial charge is 0.383 e. The summed E-state index contributed by atoms with van der Waals surface area (Å²) in [6, 6.07) is 11.4. The molecule has 3 N–H and O–H groups in total. The molecule has 3 heterocycles. The highest BCUT2D eigenvalue weighted by Crippen LogP contribution is 2.32. The molecule has 1 aliphatic heterocycles. The topological polar surface area (TPSA) is 120 Å². The molecular weight excluding hydrogens is 500 g/mol. The molecule has 1 aliphatic rings. The lowest BCUT2D eigenvalue weighted by molar-refractivity contribution is -0.130. The fourth-order valence-corrected chi connectivity index (χ4v) is 5.05. The smallest absolute Gasteiger partial charge is 0.323 e. The van der Waals surface area contributed by atoms with Gasteiger partial charge in [0.2, 0.25) is 5.91 Å². The Hall–Kier alpha value is -3.24. The normalized spacial score (nSPS) is 18.9. The minimum absolute atomic E-state index is 0.00405. The number of rotatable bonds is 4. The van der Waals surface area contributed by atoms with Crippen molar-refractivity contribution < 1.29 is 9.90 Å². The number of aromatic nitrogens is 5. The number of amides is 1. The van der Waals surface area contributed by atoms with E-state index in [0.717, 1.165) is 21.3 Å². The zero-order chi connectivity index (χ0) is 23.9. The molecule has 0 bridgehead atoms. The van der Waals surface area contributed by atoms with Gasteiger partial charge >= 0.3 is 5.69 Å². The number of carbonyl (C=O) groups excluding carboxylic acids is 1. The van der Waals surface area contributed by atoms with Gasteiger partial charge in [0.05, 0.1) is 29.3 Å². The number of H-pyrrole nitrogens is 2. The highest BCUT2D eigenvalue weighted by Gasteiger charge is 2.36. The minimum atomic E-state index is -1.14. The van der Waals surface area contributed by atoms with Crippen molar-refractivity contribution in [1.29, 1.82) is 0 Å². The van der Waals surface area contributed by atoms with E-state index in [2.05, 4.69) is 36.2 Å². The Bertz CT molecular complexity index is 1420. The van der Waals surface area contributed by atoms with Crippen molar-refractivity contribution in [1.82, 2.24) is 29.9 Å². The molecule has 1 fully saturated rings. The molecule has 9 nitrogen and oxygen atoms in total. The van der Waals surface area contributed by atoms with E-state index in [-0.39, 0.29) is 18.0 Å². The summed E-state index contributed by atoms with van der Waals surface area (Å²) in [6.45, 7) is 3.00. The van der Waals surface area contributed by atoms with Gasteiger partial charge in [0.25, 0.3) is 0 Å². The number of halogens is 1. The number of hydrogen-bond acceptors (Lipinski definition) is 5. The first-order valence-electron chi connectivity index (χ1n) is 11.2. The minimum Gasteiger partial charge on any atom is -0.383 e. The Kier molecular flexibility index (Phi) is 5.86. The number of hydrogen-bond donors (Lipinski definition) is 3. The van der Waals surface area contributed by atoms with E-state index in [1.807, 2.05) is 37.3 Å². The second kappa shape index (κ2) is 8.84. The number of aryl methyl sites for hydroxylation is 1. The second-order valence-corrected chi connectivity index (χ2v) is 9.80. The Morgan fingerprint density at radius 1 is 1.15 bits per heavy atom. The van der Waals surface area contributed by atoms with E-state index in [1.165, 1.54) is 0 Å². The summed E-state index contributed by atoms with van der Waals surface area (Å²) in [5, 5.41) is 19.9. The zero-order valence-electron chi connectivity index (χ0n) is 18.7. The molecular formula is C24H25BrN6O3. The lowest BCUT2D eigenvalue weighted by Gasteiger charge is -2.24. The summed E-state index contributed by atoms with van der Waals surface area (Å²) >= 11 is 3.47. The molecule has 2 aromatic heterocycles. The van der Waals surface area contributed by atoms with Crippen LogP contribution in [0.5, 0.6) is 0 Å². The second-order valence-electron chi connectivity index (χ2n) is 8.88. The van der Waals surface area contributed by atoms with Gasteiger partial charge in [-0.25, -0.2) is 9.48 Å². The molecule has 0 aliphatic carbocycles. The van der Waals surface area contributed by atoms with Crippen molar-refractivity contribution >= 4 is 32.9 Å². The van der Waals surface area contributed by atoms with Crippen LogP contribution in [0.4, 0.5) is 0 Å². The van der Waals surface area contributed by atoms with Crippen molar-refractivity contribution in [3.05, 3.63) is 74.4 Å². The summed E-state index contributed by atoms with van der Waals surface area (Å²) in [7, 11) is 0. The van der Waals surface area contributed by atoms with Crippen LogP contribution in [-0.4, -0.2) is 54.0 Å². The van der Waals surface area contributed by atoms with Crippen LogP contribution in [-0.2, 0) is 16.8 Å². The van der Waals surface area contributed by atoms with E-state index in [0.29, 0.717) is 49.1 Å². The number of aliphatic hydroxyl groups is 1. The quantitative estimate of drug-likeness (QED) is 0.379. The lowest BCUT2D eigenvalue weighted by Crippen LogP contribution is -2.34. The van der Waals surface area contributed by atoms with Crippen LogP contribution in [0.25, 0.3) is 16.7 Å². The standard InChI is InChI=1S/C24H25BrN6O3/c1-15-11-17(25)4-6-20(15)31-14-21(28-29-31)24(34)7-2-9-30(10-8-24)22(32)13-16-3-5-18-19(12-16)27-23(33)26-18/h3-6,11-12,14,34H,2,7-10,13H2,1H3,(H2,26,27,33). The highest BCUT2D eigenvalue weighted by atomic mass is 79.9. The van der Waals surface area contributed by atoms with Crippen molar-refractivity contribution in [3.8, 4) is 5.69 Å². The first-order valence-corrected chi connectivity index (χ1v) is 12.0. The molecule has 5 rings (SSSR count). The van der Waals surface area contributed by atoms with Crippen LogP contribution in [0.3, 0.4) is 0 Å². The molecule has 1 atom stereocenters. The third kappa shape index (κ3) is 4.43. The van der Waals surface area contributed by atoms with Gasteiger partial charge in [0.1, 0.15) is 11.3 Å². The third-order valence-corrected chi connectivity index (χ3v) is 6.97. The SMILES string of the molecule is Cc1cc(Br)ccc1-n1cc(C2(O)CCCN(C(=O)Cc3ccc4[nH]c(=O)[nH]c4c3)CC2)nn1. The Morgan fingerprint density at radius 3 is 2.79 bits per heavy atom. The molecule has 0 spiro atoms. The van der Waals surface area contributed by atoms with Crippen molar-refractivity contribution in [2.45, 2.75) is 38.2 Å². The van der Waals surface area contributed by atoms with Crippen molar-refractivity contribution in [2.24, 2.45) is 0 Å². The van der Waals surface area contributed by atoms with Gasteiger partial charge in [0.15, 0.2) is 0 Å². The first kappa shape index (κ1) is 22.5. The summed E-state index contributed by atoms with van der Waals surface area (Å²) in [4.78, 5) is 31.7. The maximum atomic E-state index is 13.0. The summed E-state index contributed by atoms with van der Waals surface area (Å²) in [5.41, 5.74) is 3.29. The number of imidazole rings is 1. The third-order valence-electron chi connectivity index (χ3n) is 6.48. The molecule has 176 valence electrons. The monoisotopic (exact) mass is 524 g/mol. The van der Waals surface area contributed by atoms with Crippen LogP contribution in [0, 0.1) is 6.92 Å². The van der Waals surface area contributed by atoms with Gasteiger partial charge in [-0.05, 0) is 67.6 Å². The molecule has 0 saturated carbocycles. The molecule has 34 heavy (non-hydrogen) atoms. The maximum Gasteiger partial charge on any atom is 0.323 e. The van der Waals surface area contributed by atoms with E-state index in [9.17, 15) is 14.7 Å². The average Bonchev–Trinajstić information content (AvgIpc) is 3.37. The van der Waals surface area contributed by atoms with E-state index in [4.69, 9.17) is 0 Å². The summed E-state index contributed by atoms with van der Waals surface area (Å²) < 4.78 is 2.67. The first-order chi connectivity index (χ1) is 16.3. The predicted octanol–water partition coefficient (Wildman–Crippen LogP) is 2.95. The van der Waals surface area contributed by atoms with Crippen LogP contribution in [0.15, 0.2) is 51.9 Å². The Morgan fingerprint density at radius 2 is 1.97 bits per heavy atom. The molecule has 1 saturated heterocycles. The fraction of sp³-hybridized carbons (Fsp3) is 0.333. The molecule has 0 radical (unpaired) electrons.